The predicted molar refractivity (Wildman–Crippen MR) is 107 cm³/mol. The van der Waals surface area contributed by atoms with E-state index in [4.69, 9.17) is 15.5 Å². The van der Waals surface area contributed by atoms with Crippen molar-refractivity contribution in [2.45, 2.75) is 52.7 Å². The minimum Gasteiger partial charge on any atom is -0.375 e. The summed E-state index contributed by atoms with van der Waals surface area (Å²) < 4.78 is 5.56. The number of hydrogen-bond donors (Lipinski definition) is 1. The third kappa shape index (κ3) is 6.05. The Kier molecular flexibility index (Phi) is 8.07. The highest BCUT2D eigenvalue weighted by Gasteiger charge is 2.32. The molecule has 2 rings (SSSR count). The second-order valence-electron chi connectivity index (χ2n) is 7.97. The van der Waals surface area contributed by atoms with Crippen molar-refractivity contribution in [2.75, 3.05) is 39.3 Å². The molecule has 136 valence electrons. The molecule has 2 heterocycles. The van der Waals surface area contributed by atoms with E-state index in [1.807, 2.05) is 0 Å². The van der Waals surface area contributed by atoms with Crippen molar-refractivity contribution in [3.05, 3.63) is 0 Å². The van der Waals surface area contributed by atoms with Crippen molar-refractivity contribution >= 4 is 29.9 Å². The zero-order valence-corrected chi connectivity index (χ0v) is 17.7. The SMILES string of the molecule is CC1CC(C)CN(C(C)(C)CN=C(N)N2CCOC(C)C2)C1.I. The van der Waals surface area contributed by atoms with Gasteiger partial charge in [0.05, 0.1) is 19.3 Å². The molecule has 0 aromatic heterocycles. The van der Waals surface area contributed by atoms with Gasteiger partial charge in [-0.05, 0) is 39.0 Å². The zero-order valence-electron chi connectivity index (χ0n) is 15.4. The van der Waals surface area contributed by atoms with E-state index in [9.17, 15) is 0 Å². The van der Waals surface area contributed by atoms with Crippen LogP contribution in [0.3, 0.4) is 0 Å². The lowest BCUT2D eigenvalue weighted by Gasteiger charge is -2.44. The number of nitrogens with two attached hydrogens (primary N) is 1. The molecule has 2 N–H and O–H groups in total. The van der Waals surface area contributed by atoms with Gasteiger partial charge in [0.25, 0.3) is 0 Å². The van der Waals surface area contributed by atoms with E-state index < -0.39 is 0 Å². The molecule has 2 fully saturated rings. The van der Waals surface area contributed by atoms with E-state index in [1.54, 1.807) is 0 Å². The Morgan fingerprint density at radius 2 is 1.78 bits per heavy atom. The summed E-state index contributed by atoms with van der Waals surface area (Å²) in [6, 6.07) is 0. The first-order valence-electron chi connectivity index (χ1n) is 8.69. The topological polar surface area (TPSA) is 54.1 Å². The van der Waals surface area contributed by atoms with Crippen molar-refractivity contribution in [2.24, 2.45) is 22.6 Å². The third-order valence-electron chi connectivity index (χ3n) is 4.92. The molecule has 23 heavy (non-hydrogen) atoms. The number of ether oxygens (including phenoxy) is 1. The van der Waals surface area contributed by atoms with Crippen LogP contribution in [0.5, 0.6) is 0 Å². The van der Waals surface area contributed by atoms with Gasteiger partial charge in [-0.15, -0.1) is 24.0 Å². The molecule has 2 saturated heterocycles. The third-order valence-corrected chi connectivity index (χ3v) is 4.92. The molecule has 0 aromatic rings. The number of hydrogen-bond acceptors (Lipinski definition) is 3. The molecule has 0 bridgehead atoms. The maximum atomic E-state index is 6.20. The fraction of sp³-hybridized carbons (Fsp3) is 0.941. The predicted octanol–water partition coefficient (Wildman–Crippen LogP) is 2.40. The molecular formula is C17H35IN4O. The lowest BCUT2D eigenvalue weighted by atomic mass is 9.88. The van der Waals surface area contributed by atoms with Crippen molar-refractivity contribution < 1.29 is 4.74 Å². The van der Waals surface area contributed by atoms with E-state index >= 15 is 0 Å². The molecule has 0 saturated carbocycles. The number of guanidine groups is 1. The van der Waals surface area contributed by atoms with Crippen LogP contribution in [0.1, 0.15) is 41.0 Å². The first-order valence-corrected chi connectivity index (χ1v) is 8.69. The molecule has 6 heteroatoms. The summed E-state index contributed by atoms with van der Waals surface area (Å²) in [5.41, 5.74) is 6.26. The van der Waals surface area contributed by atoms with Gasteiger partial charge in [0, 0.05) is 31.7 Å². The molecule has 3 unspecified atom stereocenters. The van der Waals surface area contributed by atoms with Gasteiger partial charge in [0.15, 0.2) is 5.96 Å². The summed E-state index contributed by atoms with van der Waals surface area (Å²) in [4.78, 5) is 9.43. The lowest BCUT2D eigenvalue weighted by Crippen LogP contribution is -2.53. The van der Waals surface area contributed by atoms with Crippen LogP contribution in [0.25, 0.3) is 0 Å². The van der Waals surface area contributed by atoms with Gasteiger partial charge in [0.2, 0.25) is 0 Å². The second-order valence-corrected chi connectivity index (χ2v) is 7.97. The number of rotatable bonds is 3. The molecule has 2 aliphatic rings. The molecule has 3 atom stereocenters. The van der Waals surface area contributed by atoms with E-state index in [1.165, 1.54) is 19.5 Å². The van der Waals surface area contributed by atoms with Crippen LogP contribution in [-0.4, -0.2) is 66.7 Å². The number of nitrogens with zero attached hydrogens (tertiary/aromatic N) is 3. The number of halogens is 1. The van der Waals surface area contributed by atoms with Gasteiger partial charge >= 0.3 is 0 Å². The minimum atomic E-state index is 0. The molecule has 2 aliphatic heterocycles. The molecular weight excluding hydrogens is 403 g/mol. The molecule has 0 radical (unpaired) electrons. The Labute approximate surface area is 159 Å². The van der Waals surface area contributed by atoms with Crippen molar-refractivity contribution in [1.82, 2.24) is 9.80 Å². The first-order chi connectivity index (χ1) is 10.3. The van der Waals surface area contributed by atoms with Crippen LogP contribution in [0.2, 0.25) is 0 Å². The average molecular weight is 438 g/mol. The normalized spacial score (nSPS) is 30.9. The summed E-state index contributed by atoms with van der Waals surface area (Å²) in [5, 5.41) is 0. The largest absolute Gasteiger partial charge is 0.375 e. The highest BCUT2D eigenvalue weighted by Crippen LogP contribution is 2.27. The van der Waals surface area contributed by atoms with Gasteiger partial charge in [0.1, 0.15) is 0 Å². The van der Waals surface area contributed by atoms with Gasteiger partial charge < -0.3 is 15.4 Å². The maximum absolute atomic E-state index is 6.20. The van der Waals surface area contributed by atoms with Crippen molar-refractivity contribution in [1.29, 1.82) is 0 Å². The summed E-state index contributed by atoms with van der Waals surface area (Å²) in [6.07, 6.45) is 1.57. The van der Waals surface area contributed by atoms with Crippen molar-refractivity contribution in [3.63, 3.8) is 0 Å². The summed E-state index contributed by atoms with van der Waals surface area (Å²) in [5.74, 6) is 2.20. The van der Waals surface area contributed by atoms with Gasteiger partial charge in [-0.2, -0.15) is 0 Å². The van der Waals surface area contributed by atoms with Gasteiger partial charge in [-0.25, -0.2) is 0 Å². The first kappa shape index (κ1) is 21.0. The smallest absolute Gasteiger partial charge is 0.191 e. The number of likely N-dealkylation sites (tertiary alicyclic amines) is 1. The number of piperidine rings is 1. The standard InChI is InChI=1S/C17H34N4O.HI/c1-13-8-14(2)10-21(9-13)17(4,5)12-19-16(18)20-6-7-22-15(3)11-20;/h13-15H,6-12H2,1-5H3,(H2,18,19);1H. The number of aliphatic imine (C=N–C) groups is 1. The maximum Gasteiger partial charge on any atom is 0.191 e. The quantitative estimate of drug-likeness (QED) is 0.418. The highest BCUT2D eigenvalue weighted by atomic mass is 127. The van der Waals surface area contributed by atoms with E-state index in [2.05, 4.69) is 44.4 Å². The Hall–Kier alpha value is -0.0800. The Balaban J connectivity index is 0.00000264. The lowest BCUT2D eigenvalue weighted by molar-refractivity contribution is 0.00503. The van der Waals surface area contributed by atoms with E-state index in [-0.39, 0.29) is 35.6 Å². The number of morpholine rings is 1. The average Bonchev–Trinajstić information content (AvgIpc) is 2.44. The van der Waals surface area contributed by atoms with Gasteiger partial charge in [-0.1, -0.05) is 13.8 Å². The highest BCUT2D eigenvalue weighted by molar-refractivity contribution is 14.0. The summed E-state index contributed by atoms with van der Waals surface area (Å²) in [7, 11) is 0. The second kappa shape index (κ2) is 8.85. The van der Waals surface area contributed by atoms with Gasteiger partial charge in [-0.3, -0.25) is 9.89 Å². The fourth-order valence-corrected chi connectivity index (χ4v) is 3.66. The summed E-state index contributed by atoms with van der Waals surface area (Å²) in [6.45, 7) is 16.9. The van der Waals surface area contributed by atoms with Crippen LogP contribution >= 0.6 is 24.0 Å². The Morgan fingerprint density at radius 1 is 1.17 bits per heavy atom. The minimum absolute atomic E-state index is 0. The van der Waals surface area contributed by atoms with Crippen LogP contribution in [-0.2, 0) is 4.74 Å². The van der Waals surface area contributed by atoms with Crippen LogP contribution in [0, 0.1) is 11.8 Å². The van der Waals surface area contributed by atoms with Crippen molar-refractivity contribution in [3.8, 4) is 0 Å². The molecule has 0 amide bonds. The Morgan fingerprint density at radius 3 is 2.35 bits per heavy atom. The summed E-state index contributed by atoms with van der Waals surface area (Å²) >= 11 is 0. The molecule has 0 aromatic carbocycles. The van der Waals surface area contributed by atoms with E-state index in [0.717, 1.165) is 38.1 Å². The monoisotopic (exact) mass is 438 g/mol. The molecule has 0 aliphatic carbocycles. The van der Waals surface area contributed by atoms with Crippen LogP contribution in [0.4, 0.5) is 0 Å². The van der Waals surface area contributed by atoms with E-state index in [0.29, 0.717) is 5.96 Å². The molecule has 0 spiro atoms. The molecule has 5 nitrogen and oxygen atoms in total. The fourth-order valence-electron chi connectivity index (χ4n) is 3.66. The Bertz CT molecular complexity index is 392. The zero-order chi connectivity index (χ0) is 16.3. The van der Waals surface area contributed by atoms with Crippen LogP contribution in [0.15, 0.2) is 4.99 Å². The van der Waals surface area contributed by atoms with Crippen LogP contribution < -0.4 is 5.73 Å².